The quantitative estimate of drug-likeness (QED) is 0.625. The van der Waals surface area contributed by atoms with Gasteiger partial charge in [0, 0.05) is 20.2 Å². The van der Waals surface area contributed by atoms with Crippen molar-refractivity contribution in [1.82, 2.24) is 0 Å². The maximum atomic E-state index is 12.4. The molecule has 2 aromatic rings. The Morgan fingerprint density at radius 1 is 1.35 bits per heavy atom. The predicted octanol–water partition coefficient (Wildman–Crippen LogP) is 4.39. The van der Waals surface area contributed by atoms with Crippen LogP contribution in [0.3, 0.4) is 0 Å². The second-order valence-electron chi connectivity index (χ2n) is 3.59. The van der Waals surface area contributed by atoms with E-state index in [0.717, 1.165) is 14.5 Å². The fraction of sp³-hybridized carbons (Fsp3) is 0.0833. The Morgan fingerprint density at radius 3 is 2.65 bits per heavy atom. The molecular formula is C12H9Br2NOS. The van der Waals surface area contributed by atoms with Crippen LogP contribution in [-0.4, -0.2) is 5.78 Å². The first-order valence-electron chi connectivity index (χ1n) is 4.84. The summed E-state index contributed by atoms with van der Waals surface area (Å²) in [5.74, 6) is -0.00243. The van der Waals surface area contributed by atoms with E-state index >= 15 is 0 Å². The van der Waals surface area contributed by atoms with E-state index in [1.165, 1.54) is 11.3 Å². The molecule has 17 heavy (non-hydrogen) atoms. The van der Waals surface area contributed by atoms with Crippen molar-refractivity contribution in [3.8, 4) is 0 Å². The lowest BCUT2D eigenvalue weighted by atomic mass is 10.0. The summed E-state index contributed by atoms with van der Waals surface area (Å²) in [7, 11) is 0. The molecule has 0 saturated carbocycles. The standard InChI is InChI=1S/C12H9Br2NOS/c1-6-8(4-7(13)5-10(6)15)11(16)12-9(14)2-3-17-12/h2-5H,15H2,1H3. The highest BCUT2D eigenvalue weighted by atomic mass is 79.9. The maximum absolute atomic E-state index is 12.4. The summed E-state index contributed by atoms with van der Waals surface area (Å²) < 4.78 is 1.64. The minimum atomic E-state index is -0.00243. The zero-order valence-electron chi connectivity index (χ0n) is 8.96. The van der Waals surface area contributed by atoms with Crippen LogP contribution < -0.4 is 5.73 Å². The largest absolute Gasteiger partial charge is 0.398 e. The van der Waals surface area contributed by atoms with Gasteiger partial charge < -0.3 is 5.73 Å². The molecule has 1 aromatic carbocycles. The molecule has 0 saturated heterocycles. The van der Waals surface area contributed by atoms with E-state index in [-0.39, 0.29) is 5.78 Å². The van der Waals surface area contributed by atoms with E-state index in [2.05, 4.69) is 31.9 Å². The van der Waals surface area contributed by atoms with Gasteiger partial charge in [-0.05, 0) is 52.0 Å². The lowest BCUT2D eigenvalue weighted by Gasteiger charge is -2.08. The van der Waals surface area contributed by atoms with Crippen molar-refractivity contribution in [2.45, 2.75) is 6.92 Å². The molecule has 0 fully saturated rings. The van der Waals surface area contributed by atoms with E-state index in [9.17, 15) is 4.79 Å². The zero-order valence-corrected chi connectivity index (χ0v) is 12.9. The number of thiophene rings is 1. The van der Waals surface area contributed by atoms with Crippen molar-refractivity contribution < 1.29 is 4.79 Å². The highest BCUT2D eigenvalue weighted by Crippen LogP contribution is 2.29. The third-order valence-corrected chi connectivity index (χ3v) is 4.77. The molecule has 0 amide bonds. The van der Waals surface area contributed by atoms with Crippen LogP contribution >= 0.6 is 43.2 Å². The molecule has 0 unspecified atom stereocenters. The number of hydrogen-bond donors (Lipinski definition) is 1. The van der Waals surface area contributed by atoms with Gasteiger partial charge in [-0.3, -0.25) is 4.79 Å². The summed E-state index contributed by atoms with van der Waals surface area (Å²) in [6, 6.07) is 5.48. The summed E-state index contributed by atoms with van der Waals surface area (Å²) in [5.41, 5.74) is 7.94. The average Bonchev–Trinajstić information content (AvgIpc) is 2.69. The Morgan fingerprint density at radius 2 is 2.06 bits per heavy atom. The number of benzene rings is 1. The Balaban J connectivity index is 2.55. The molecule has 1 heterocycles. The molecule has 0 aliphatic carbocycles. The van der Waals surface area contributed by atoms with Crippen molar-refractivity contribution in [3.63, 3.8) is 0 Å². The first kappa shape index (κ1) is 12.8. The molecule has 2 rings (SSSR count). The fourth-order valence-electron chi connectivity index (χ4n) is 1.51. The third kappa shape index (κ3) is 2.46. The number of nitrogen functional groups attached to an aromatic ring is 1. The summed E-state index contributed by atoms with van der Waals surface area (Å²) in [6.07, 6.45) is 0. The van der Waals surface area contributed by atoms with Gasteiger partial charge in [0.1, 0.15) is 0 Å². The number of carbonyl (C=O) groups is 1. The van der Waals surface area contributed by atoms with Gasteiger partial charge in [0.25, 0.3) is 0 Å². The van der Waals surface area contributed by atoms with Crippen LogP contribution in [0.15, 0.2) is 32.5 Å². The summed E-state index contributed by atoms with van der Waals surface area (Å²) in [5, 5.41) is 1.88. The van der Waals surface area contributed by atoms with Gasteiger partial charge in [-0.2, -0.15) is 0 Å². The Bertz CT molecular complexity index is 592. The number of nitrogens with two attached hydrogens (primary N) is 1. The van der Waals surface area contributed by atoms with Gasteiger partial charge in [0.2, 0.25) is 5.78 Å². The number of hydrogen-bond acceptors (Lipinski definition) is 3. The molecule has 2 N–H and O–H groups in total. The number of ketones is 1. The van der Waals surface area contributed by atoms with Crippen molar-refractivity contribution in [2.75, 3.05) is 5.73 Å². The highest BCUT2D eigenvalue weighted by Gasteiger charge is 2.17. The summed E-state index contributed by atoms with van der Waals surface area (Å²) in [6.45, 7) is 1.86. The molecule has 0 aliphatic rings. The lowest BCUT2D eigenvalue weighted by molar-refractivity contribution is 0.104. The van der Waals surface area contributed by atoms with Gasteiger partial charge in [-0.15, -0.1) is 11.3 Å². The third-order valence-electron chi connectivity index (χ3n) is 2.48. The minimum Gasteiger partial charge on any atom is -0.398 e. The molecule has 0 aliphatic heterocycles. The number of halogens is 2. The monoisotopic (exact) mass is 373 g/mol. The summed E-state index contributed by atoms with van der Waals surface area (Å²) >= 11 is 8.15. The maximum Gasteiger partial charge on any atom is 0.204 e. The van der Waals surface area contributed by atoms with Gasteiger partial charge in [0.05, 0.1) is 4.88 Å². The van der Waals surface area contributed by atoms with Gasteiger partial charge in [0.15, 0.2) is 0 Å². The average molecular weight is 375 g/mol. The van der Waals surface area contributed by atoms with Crippen LogP contribution in [0, 0.1) is 6.92 Å². The normalized spacial score (nSPS) is 10.5. The second-order valence-corrected chi connectivity index (χ2v) is 6.28. The molecule has 88 valence electrons. The van der Waals surface area contributed by atoms with Crippen LogP contribution in [0.25, 0.3) is 0 Å². The van der Waals surface area contributed by atoms with E-state index in [4.69, 9.17) is 5.73 Å². The predicted molar refractivity (Wildman–Crippen MR) is 78.7 cm³/mol. The van der Waals surface area contributed by atoms with Crippen LogP contribution in [0.5, 0.6) is 0 Å². The van der Waals surface area contributed by atoms with Crippen LogP contribution in [0.1, 0.15) is 20.8 Å². The van der Waals surface area contributed by atoms with E-state index in [1.807, 2.05) is 18.4 Å². The van der Waals surface area contributed by atoms with E-state index in [1.54, 1.807) is 12.1 Å². The van der Waals surface area contributed by atoms with Crippen LogP contribution in [0.4, 0.5) is 5.69 Å². The second kappa shape index (κ2) is 4.92. The SMILES string of the molecule is Cc1c(N)cc(Br)cc1C(=O)c1sccc1Br. The molecule has 5 heteroatoms. The van der Waals surface area contributed by atoms with Gasteiger partial charge in [-0.25, -0.2) is 0 Å². The smallest absolute Gasteiger partial charge is 0.204 e. The molecular weight excluding hydrogens is 366 g/mol. The topological polar surface area (TPSA) is 43.1 Å². The van der Waals surface area contributed by atoms with Crippen molar-refractivity contribution in [2.24, 2.45) is 0 Å². The van der Waals surface area contributed by atoms with Crippen molar-refractivity contribution >= 4 is 54.7 Å². The first-order valence-corrected chi connectivity index (χ1v) is 7.30. The van der Waals surface area contributed by atoms with Gasteiger partial charge >= 0.3 is 0 Å². The minimum absolute atomic E-state index is 0.00243. The Kier molecular flexibility index (Phi) is 3.70. The number of rotatable bonds is 2. The van der Waals surface area contributed by atoms with Gasteiger partial charge in [-0.1, -0.05) is 15.9 Å². The Labute approximate surface area is 120 Å². The molecule has 0 spiro atoms. The number of carbonyl (C=O) groups excluding carboxylic acids is 1. The molecule has 2 nitrogen and oxygen atoms in total. The van der Waals surface area contributed by atoms with Crippen LogP contribution in [-0.2, 0) is 0 Å². The van der Waals surface area contributed by atoms with E-state index in [0.29, 0.717) is 16.1 Å². The Hall–Kier alpha value is -0.650. The first-order chi connectivity index (χ1) is 8.00. The molecule has 0 atom stereocenters. The van der Waals surface area contributed by atoms with Crippen molar-refractivity contribution in [1.29, 1.82) is 0 Å². The number of anilines is 1. The fourth-order valence-corrected chi connectivity index (χ4v) is 3.49. The van der Waals surface area contributed by atoms with Crippen molar-refractivity contribution in [3.05, 3.63) is 48.5 Å². The molecule has 0 bridgehead atoms. The summed E-state index contributed by atoms with van der Waals surface area (Å²) in [4.78, 5) is 13.1. The zero-order chi connectivity index (χ0) is 12.6. The van der Waals surface area contributed by atoms with Crippen LogP contribution in [0.2, 0.25) is 0 Å². The molecule has 1 aromatic heterocycles. The lowest BCUT2D eigenvalue weighted by Crippen LogP contribution is -2.05. The highest BCUT2D eigenvalue weighted by molar-refractivity contribution is 9.10. The molecule has 0 radical (unpaired) electrons. The van der Waals surface area contributed by atoms with E-state index < -0.39 is 0 Å².